The first-order chi connectivity index (χ1) is 12.6. The summed E-state index contributed by atoms with van der Waals surface area (Å²) >= 11 is 0. The van der Waals surface area contributed by atoms with Gasteiger partial charge in [-0.2, -0.15) is 0 Å². The molecule has 0 N–H and O–H groups in total. The zero-order valence-electron chi connectivity index (χ0n) is 16.1. The Bertz CT molecular complexity index is 664. The van der Waals surface area contributed by atoms with E-state index in [0.29, 0.717) is 11.5 Å². The molecule has 0 unspecified atom stereocenters. The largest absolute Gasteiger partial charge is 0.468 e. The fourth-order valence-corrected chi connectivity index (χ4v) is 7.25. The van der Waals surface area contributed by atoms with Crippen molar-refractivity contribution in [1.29, 1.82) is 0 Å². The molecule has 1 aromatic carbocycles. The van der Waals surface area contributed by atoms with E-state index in [1.54, 1.807) is 0 Å². The molecular formula is C23H31NO2. The summed E-state index contributed by atoms with van der Waals surface area (Å²) in [7, 11) is 3.86. The predicted molar refractivity (Wildman–Crippen MR) is 102 cm³/mol. The first-order valence-corrected chi connectivity index (χ1v) is 10.4. The van der Waals surface area contributed by atoms with Crippen LogP contribution in [0.2, 0.25) is 0 Å². The lowest BCUT2D eigenvalue weighted by atomic mass is 9.52. The van der Waals surface area contributed by atoms with Crippen molar-refractivity contribution in [2.75, 3.05) is 20.7 Å². The van der Waals surface area contributed by atoms with E-state index in [9.17, 15) is 4.79 Å². The van der Waals surface area contributed by atoms with Crippen molar-refractivity contribution in [3.05, 3.63) is 35.9 Å². The molecule has 0 radical (unpaired) electrons. The first kappa shape index (κ1) is 16.8. The topological polar surface area (TPSA) is 29.5 Å². The maximum atomic E-state index is 12.7. The highest BCUT2D eigenvalue weighted by Crippen LogP contribution is 2.60. The summed E-state index contributed by atoms with van der Waals surface area (Å²) in [5.74, 6) is 3.22. The summed E-state index contributed by atoms with van der Waals surface area (Å²) in [6.45, 7) is 1.02. The number of hydrogen-bond acceptors (Lipinski definition) is 3. The summed E-state index contributed by atoms with van der Waals surface area (Å²) < 4.78 is 5.24. The molecule has 0 amide bonds. The van der Waals surface area contributed by atoms with E-state index in [1.165, 1.54) is 45.6 Å². The van der Waals surface area contributed by atoms with Crippen molar-refractivity contribution in [2.24, 2.45) is 23.7 Å². The first-order valence-electron chi connectivity index (χ1n) is 10.4. The highest BCUT2D eigenvalue weighted by atomic mass is 16.5. The van der Waals surface area contributed by atoms with Crippen molar-refractivity contribution >= 4 is 5.97 Å². The van der Waals surface area contributed by atoms with Crippen LogP contribution < -0.4 is 0 Å². The number of benzene rings is 1. The van der Waals surface area contributed by atoms with Crippen LogP contribution in [0.4, 0.5) is 0 Å². The van der Waals surface area contributed by atoms with Gasteiger partial charge in [0.15, 0.2) is 0 Å². The van der Waals surface area contributed by atoms with E-state index >= 15 is 0 Å². The van der Waals surface area contributed by atoms with Crippen molar-refractivity contribution < 1.29 is 9.53 Å². The maximum absolute atomic E-state index is 12.7. The second kappa shape index (κ2) is 5.82. The van der Waals surface area contributed by atoms with Gasteiger partial charge in [-0.3, -0.25) is 4.79 Å². The molecule has 140 valence electrons. The van der Waals surface area contributed by atoms with E-state index in [-0.39, 0.29) is 5.97 Å². The molecule has 5 fully saturated rings. The Morgan fingerprint density at radius 2 is 1.62 bits per heavy atom. The van der Waals surface area contributed by atoms with Gasteiger partial charge in [0.25, 0.3) is 0 Å². The fourth-order valence-electron chi connectivity index (χ4n) is 7.25. The third-order valence-electron chi connectivity index (χ3n) is 8.25. The molecule has 2 atom stereocenters. The fraction of sp³-hybridized carbons (Fsp3) is 0.696. The van der Waals surface area contributed by atoms with Crippen LogP contribution in [-0.2, 0) is 14.9 Å². The SMILES string of the molecule is COC(=O)[C@]1(c2ccccc2)C[C@@H]1CN(C)C12CC3CC(CC(C3)C1)C2. The monoisotopic (exact) mass is 353 g/mol. The van der Waals surface area contributed by atoms with Gasteiger partial charge in [-0.05, 0) is 81.2 Å². The van der Waals surface area contributed by atoms with Gasteiger partial charge in [-0.15, -0.1) is 0 Å². The number of rotatable bonds is 5. The zero-order valence-corrected chi connectivity index (χ0v) is 16.1. The lowest BCUT2D eigenvalue weighted by Crippen LogP contribution is -2.59. The molecule has 3 heteroatoms. The van der Waals surface area contributed by atoms with Crippen molar-refractivity contribution in [3.63, 3.8) is 0 Å². The van der Waals surface area contributed by atoms with Crippen molar-refractivity contribution in [1.82, 2.24) is 4.90 Å². The highest BCUT2D eigenvalue weighted by molar-refractivity contribution is 5.87. The average molecular weight is 354 g/mol. The van der Waals surface area contributed by atoms with Gasteiger partial charge in [0, 0.05) is 12.1 Å². The van der Waals surface area contributed by atoms with E-state index in [1.807, 2.05) is 18.2 Å². The molecule has 0 aliphatic heterocycles. The Labute approximate surface area is 157 Å². The number of ether oxygens (including phenoxy) is 1. The molecule has 1 aromatic rings. The molecule has 0 spiro atoms. The summed E-state index contributed by atoms with van der Waals surface area (Å²) in [5.41, 5.74) is 1.14. The van der Waals surface area contributed by atoms with Crippen molar-refractivity contribution in [3.8, 4) is 0 Å². The van der Waals surface area contributed by atoms with Crippen LogP contribution in [0.3, 0.4) is 0 Å². The number of carbonyl (C=O) groups excluding carboxylic acids is 1. The van der Waals surface area contributed by atoms with E-state index in [0.717, 1.165) is 36.3 Å². The normalized spacial score (nSPS) is 42.9. The zero-order chi connectivity index (χ0) is 17.9. The number of esters is 1. The Kier molecular flexibility index (Phi) is 3.76. The van der Waals surface area contributed by atoms with Crippen LogP contribution in [0.25, 0.3) is 0 Å². The lowest BCUT2D eigenvalue weighted by molar-refractivity contribution is -0.144. The second-order valence-electron chi connectivity index (χ2n) is 9.75. The van der Waals surface area contributed by atoms with Gasteiger partial charge in [-0.1, -0.05) is 30.3 Å². The Hall–Kier alpha value is -1.35. The molecule has 0 saturated heterocycles. The molecular weight excluding hydrogens is 322 g/mol. The van der Waals surface area contributed by atoms with E-state index < -0.39 is 5.41 Å². The maximum Gasteiger partial charge on any atom is 0.316 e. The molecule has 4 bridgehead atoms. The third kappa shape index (κ3) is 2.39. The van der Waals surface area contributed by atoms with Crippen LogP contribution in [0, 0.1) is 23.7 Å². The van der Waals surface area contributed by atoms with Crippen LogP contribution in [0.15, 0.2) is 30.3 Å². The Balaban J connectivity index is 1.36. The molecule has 0 heterocycles. The van der Waals surface area contributed by atoms with Gasteiger partial charge < -0.3 is 9.64 Å². The number of methoxy groups -OCH3 is 1. The molecule has 5 aliphatic rings. The molecule has 6 rings (SSSR count). The number of nitrogens with zero attached hydrogens (tertiary/aromatic N) is 1. The summed E-state index contributed by atoms with van der Waals surface area (Å²) in [6, 6.07) is 10.3. The van der Waals surface area contributed by atoms with Gasteiger partial charge in [-0.25, -0.2) is 0 Å². The minimum atomic E-state index is -0.410. The van der Waals surface area contributed by atoms with E-state index in [2.05, 4.69) is 24.1 Å². The molecule has 5 aliphatic carbocycles. The molecule has 5 saturated carbocycles. The Morgan fingerprint density at radius 3 is 2.15 bits per heavy atom. The third-order valence-corrected chi connectivity index (χ3v) is 8.25. The Morgan fingerprint density at radius 1 is 1.04 bits per heavy atom. The van der Waals surface area contributed by atoms with Crippen LogP contribution in [0.5, 0.6) is 0 Å². The average Bonchev–Trinajstić information content (AvgIpc) is 3.35. The molecule has 26 heavy (non-hydrogen) atoms. The number of hydrogen-bond donors (Lipinski definition) is 0. The molecule has 3 nitrogen and oxygen atoms in total. The predicted octanol–water partition coefficient (Wildman–Crippen LogP) is 4.02. The van der Waals surface area contributed by atoms with Crippen LogP contribution in [0.1, 0.15) is 50.5 Å². The van der Waals surface area contributed by atoms with Crippen LogP contribution >= 0.6 is 0 Å². The minimum Gasteiger partial charge on any atom is -0.468 e. The van der Waals surface area contributed by atoms with Gasteiger partial charge in [0.1, 0.15) is 0 Å². The number of carbonyl (C=O) groups is 1. The quantitative estimate of drug-likeness (QED) is 0.749. The smallest absolute Gasteiger partial charge is 0.316 e. The van der Waals surface area contributed by atoms with E-state index in [4.69, 9.17) is 4.74 Å². The lowest BCUT2D eigenvalue weighted by Gasteiger charge is -2.60. The van der Waals surface area contributed by atoms with Crippen molar-refractivity contribution in [2.45, 2.75) is 55.9 Å². The summed E-state index contributed by atoms with van der Waals surface area (Å²) in [4.78, 5) is 15.4. The minimum absolute atomic E-state index is 0.0485. The van der Waals surface area contributed by atoms with Gasteiger partial charge in [0.05, 0.1) is 12.5 Å². The second-order valence-corrected chi connectivity index (χ2v) is 9.75. The molecule has 0 aromatic heterocycles. The highest BCUT2D eigenvalue weighted by Gasteiger charge is 2.63. The van der Waals surface area contributed by atoms with Gasteiger partial charge >= 0.3 is 5.97 Å². The summed E-state index contributed by atoms with van der Waals surface area (Å²) in [5, 5.41) is 0. The standard InChI is InChI=1S/C23H31NO2/c1-24(22-11-16-8-17(12-22)10-18(9-16)13-22)15-20-14-23(20,21(25)26-2)19-6-4-3-5-7-19/h3-7,16-18,20H,8-15H2,1-2H3/t16?,17?,18?,20-,22?,23+/m1/s1. The van der Waals surface area contributed by atoms with Gasteiger partial charge in [0.2, 0.25) is 0 Å². The summed E-state index contributed by atoms with van der Waals surface area (Å²) in [6.07, 6.45) is 9.53. The van der Waals surface area contributed by atoms with Crippen LogP contribution in [-0.4, -0.2) is 37.1 Å².